The van der Waals surface area contributed by atoms with Crippen molar-refractivity contribution in [2.45, 2.75) is 0 Å². The van der Waals surface area contributed by atoms with Crippen LogP contribution in [0.2, 0.25) is 5.02 Å². The lowest BCUT2D eigenvalue weighted by molar-refractivity contribution is 0.660. The first-order valence-electron chi connectivity index (χ1n) is 9.01. The summed E-state index contributed by atoms with van der Waals surface area (Å²) in [5.74, 6) is 0. The van der Waals surface area contributed by atoms with E-state index in [1.165, 1.54) is 0 Å². The average Bonchev–Trinajstić information content (AvgIpc) is 2.74. The van der Waals surface area contributed by atoms with Gasteiger partial charge in [0, 0.05) is 5.02 Å². The number of benzene rings is 4. The second-order valence-corrected chi connectivity index (χ2v) is 7.16. The van der Waals surface area contributed by atoms with Crippen LogP contribution in [-0.2, 0) is 0 Å². The Hall–Kier alpha value is -3.36. The van der Waals surface area contributed by atoms with E-state index in [-0.39, 0.29) is 5.43 Å². The highest BCUT2D eigenvalue weighted by Crippen LogP contribution is 2.29. The Kier molecular flexibility index (Phi) is 4.00. The Morgan fingerprint density at radius 1 is 0.571 bits per heavy atom. The van der Waals surface area contributed by atoms with E-state index in [1.807, 2.05) is 66.7 Å². The molecule has 0 aliphatic heterocycles. The molecule has 0 fully saturated rings. The predicted molar refractivity (Wildman–Crippen MR) is 116 cm³/mol. The van der Waals surface area contributed by atoms with Crippen LogP contribution in [0.15, 0.2) is 100 Å². The van der Waals surface area contributed by atoms with Crippen molar-refractivity contribution in [2.75, 3.05) is 0 Å². The van der Waals surface area contributed by atoms with Crippen LogP contribution in [0.5, 0.6) is 0 Å². The Bertz CT molecular complexity index is 1380. The number of fused-ring (bicyclic) bond motifs is 2. The molecule has 0 radical (unpaired) electrons. The highest BCUT2D eigenvalue weighted by Gasteiger charge is 2.09. The maximum absolute atomic E-state index is 12.7. The molecule has 0 aliphatic carbocycles. The molecule has 0 spiro atoms. The van der Waals surface area contributed by atoms with Gasteiger partial charge < -0.3 is 4.42 Å². The van der Waals surface area contributed by atoms with Crippen LogP contribution in [0, 0.1) is 0 Å². The van der Waals surface area contributed by atoms with E-state index in [1.54, 1.807) is 6.07 Å². The zero-order chi connectivity index (χ0) is 19.1. The van der Waals surface area contributed by atoms with E-state index in [4.69, 9.17) is 16.0 Å². The SMILES string of the molecule is O=c1c2ccccc2oc2cc(-c3cccc(-c4ccc(Cl)cc4)c3)ccc12. The molecule has 1 aromatic heterocycles. The molecule has 0 saturated carbocycles. The predicted octanol–water partition coefficient (Wildman–Crippen LogP) is 6.93. The van der Waals surface area contributed by atoms with E-state index in [9.17, 15) is 4.79 Å². The summed E-state index contributed by atoms with van der Waals surface area (Å²) in [5.41, 5.74) is 5.47. The molecule has 0 saturated heterocycles. The van der Waals surface area contributed by atoms with Crippen molar-refractivity contribution in [1.29, 1.82) is 0 Å². The van der Waals surface area contributed by atoms with Gasteiger partial charge in [0.2, 0.25) is 5.43 Å². The van der Waals surface area contributed by atoms with Crippen LogP contribution >= 0.6 is 11.6 Å². The number of hydrogen-bond acceptors (Lipinski definition) is 2. The minimum absolute atomic E-state index is 0.00156. The first-order valence-corrected chi connectivity index (χ1v) is 9.39. The molecule has 0 bridgehead atoms. The summed E-state index contributed by atoms with van der Waals surface area (Å²) in [6.07, 6.45) is 0. The molecule has 5 aromatic rings. The maximum atomic E-state index is 12.7. The first kappa shape index (κ1) is 16.8. The molecule has 4 aromatic carbocycles. The van der Waals surface area contributed by atoms with Crippen molar-refractivity contribution in [3.8, 4) is 22.3 Å². The van der Waals surface area contributed by atoms with Crippen LogP contribution in [0.3, 0.4) is 0 Å². The van der Waals surface area contributed by atoms with E-state index in [2.05, 4.69) is 18.2 Å². The minimum atomic E-state index is -0.00156. The molecule has 0 atom stereocenters. The summed E-state index contributed by atoms with van der Waals surface area (Å²) in [4.78, 5) is 12.7. The lowest BCUT2D eigenvalue weighted by Crippen LogP contribution is -2.01. The maximum Gasteiger partial charge on any atom is 0.200 e. The fourth-order valence-corrected chi connectivity index (χ4v) is 3.63. The van der Waals surface area contributed by atoms with Crippen LogP contribution in [0.1, 0.15) is 0 Å². The lowest BCUT2D eigenvalue weighted by Gasteiger charge is -2.08. The van der Waals surface area contributed by atoms with Crippen LogP contribution in [0.25, 0.3) is 44.2 Å². The third-order valence-electron chi connectivity index (χ3n) is 4.95. The van der Waals surface area contributed by atoms with Crippen LogP contribution < -0.4 is 5.43 Å². The van der Waals surface area contributed by atoms with Crippen LogP contribution in [-0.4, -0.2) is 0 Å². The van der Waals surface area contributed by atoms with Crippen LogP contribution in [0.4, 0.5) is 0 Å². The highest BCUT2D eigenvalue weighted by atomic mass is 35.5. The molecule has 0 N–H and O–H groups in total. The van der Waals surface area contributed by atoms with Crippen molar-refractivity contribution < 1.29 is 4.42 Å². The third kappa shape index (κ3) is 2.88. The number of hydrogen-bond donors (Lipinski definition) is 0. The molecule has 0 aliphatic rings. The standard InChI is InChI=1S/C25H15ClO2/c26-20-11-8-16(9-12-20)17-4-3-5-18(14-17)19-10-13-22-24(15-19)28-23-7-2-1-6-21(23)25(22)27/h1-15H. The van der Waals surface area contributed by atoms with Gasteiger partial charge in [0.1, 0.15) is 11.2 Å². The second kappa shape index (κ2) is 6.66. The molecule has 5 rings (SSSR count). The Morgan fingerprint density at radius 3 is 2.04 bits per heavy atom. The van der Waals surface area contributed by atoms with Gasteiger partial charge in [-0.3, -0.25) is 4.79 Å². The third-order valence-corrected chi connectivity index (χ3v) is 5.20. The van der Waals surface area contributed by atoms with Crippen molar-refractivity contribution in [3.05, 3.63) is 106 Å². The van der Waals surface area contributed by atoms with E-state index < -0.39 is 0 Å². The van der Waals surface area contributed by atoms with Gasteiger partial charge in [-0.25, -0.2) is 0 Å². The number of halogens is 1. The number of rotatable bonds is 2. The zero-order valence-electron chi connectivity index (χ0n) is 14.9. The summed E-state index contributed by atoms with van der Waals surface area (Å²) < 4.78 is 6.00. The van der Waals surface area contributed by atoms with Crippen molar-refractivity contribution in [2.24, 2.45) is 0 Å². The van der Waals surface area contributed by atoms with Gasteiger partial charge in [-0.2, -0.15) is 0 Å². The average molecular weight is 383 g/mol. The summed E-state index contributed by atoms with van der Waals surface area (Å²) in [6.45, 7) is 0. The largest absolute Gasteiger partial charge is 0.456 e. The van der Waals surface area contributed by atoms with Crippen molar-refractivity contribution >= 4 is 33.5 Å². The van der Waals surface area contributed by atoms with Gasteiger partial charge in [0.25, 0.3) is 0 Å². The highest BCUT2D eigenvalue weighted by molar-refractivity contribution is 6.30. The van der Waals surface area contributed by atoms with E-state index >= 15 is 0 Å². The summed E-state index contributed by atoms with van der Waals surface area (Å²) in [7, 11) is 0. The van der Waals surface area contributed by atoms with Gasteiger partial charge in [0.05, 0.1) is 10.8 Å². The second-order valence-electron chi connectivity index (χ2n) is 6.73. The molecule has 3 heteroatoms. The molecule has 0 unspecified atom stereocenters. The van der Waals surface area contributed by atoms with Crippen molar-refractivity contribution in [3.63, 3.8) is 0 Å². The summed E-state index contributed by atoms with van der Waals surface area (Å²) >= 11 is 6.00. The molecule has 2 nitrogen and oxygen atoms in total. The molecular formula is C25H15ClO2. The Labute approximate surface area is 166 Å². The van der Waals surface area contributed by atoms with Crippen molar-refractivity contribution in [1.82, 2.24) is 0 Å². The molecule has 0 amide bonds. The first-order chi connectivity index (χ1) is 13.7. The monoisotopic (exact) mass is 382 g/mol. The quantitative estimate of drug-likeness (QED) is 0.310. The van der Waals surface area contributed by atoms with Gasteiger partial charge in [0.15, 0.2) is 0 Å². The fourth-order valence-electron chi connectivity index (χ4n) is 3.50. The normalized spacial score (nSPS) is 11.2. The lowest BCUT2D eigenvalue weighted by atomic mass is 9.98. The smallest absolute Gasteiger partial charge is 0.200 e. The fraction of sp³-hybridized carbons (Fsp3) is 0. The Morgan fingerprint density at radius 2 is 1.21 bits per heavy atom. The summed E-state index contributed by atoms with van der Waals surface area (Å²) in [6, 6.07) is 29.2. The summed E-state index contributed by atoms with van der Waals surface area (Å²) in [5, 5.41) is 1.92. The van der Waals surface area contributed by atoms with E-state index in [0.717, 1.165) is 27.3 Å². The molecular weight excluding hydrogens is 368 g/mol. The molecule has 1 heterocycles. The van der Waals surface area contributed by atoms with Gasteiger partial charge in [-0.05, 0) is 64.7 Å². The van der Waals surface area contributed by atoms with Gasteiger partial charge in [-0.15, -0.1) is 0 Å². The van der Waals surface area contributed by atoms with Gasteiger partial charge in [-0.1, -0.05) is 60.1 Å². The topological polar surface area (TPSA) is 30.2 Å². The van der Waals surface area contributed by atoms with Gasteiger partial charge >= 0.3 is 0 Å². The molecule has 134 valence electrons. The Balaban J connectivity index is 1.65. The minimum Gasteiger partial charge on any atom is -0.456 e. The zero-order valence-corrected chi connectivity index (χ0v) is 15.6. The van der Waals surface area contributed by atoms with E-state index in [0.29, 0.717) is 21.9 Å². The number of para-hydroxylation sites is 1. The molecule has 28 heavy (non-hydrogen) atoms.